The van der Waals surface area contributed by atoms with Gasteiger partial charge in [-0.1, -0.05) is 54.1 Å². The molecule has 0 bridgehead atoms. The molecule has 1 aliphatic rings. The van der Waals surface area contributed by atoms with Gasteiger partial charge in [-0.15, -0.1) is 5.10 Å². The fourth-order valence-electron chi connectivity index (χ4n) is 3.15. The van der Waals surface area contributed by atoms with Crippen molar-refractivity contribution in [2.24, 2.45) is 5.10 Å². The zero-order chi connectivity index (χ0) is 19.6. The molecule has 2 aromatic carbocycles. The number of benzene rings is 2. The Balaban J connectivity index is 1.57. The molecular weight excluding hydrogens is 386 g/mol. The minimum Gasteiger partial charge on any atom is -0.415 e. The van der Waals surface area contributed by atoms with Crippen LogP contribution in [0.5, 0.6) is 5.88 Å². The van der Waals surface area contributed by atoms with E-state index in [9.17, 15) is 0 Å². The van der Waals surface area contributed by atoms with Crippen LogP contribution in [0, 0.1) is 0 Å². The van der Waals surface area contributed by atoms with Gasteiger partial charge < -0.3 is 4.74 Å². The molecule has 0 radical (unpaired) electrons. The number of anilines is 1. The van der Waals surface area contributed by atoms with Gasteiger partial charge in [-0.05, 0) is 36.2 Å². The monoisotopic (exact) mass is 401 g/mol. The van der Waals surface area contributed by atoms with Gasteiger partial charge >= 0.3 is 0 Å². The zero-order valence-corrected chi connectivity index (χ0v) is 16.1. The quantitative estimate of drug-likeness (QED) is 0.504. The molecule has 0 saturated carbocycles. The Bertz CT molecular complexity index is 1210. The van der Waals surface area contributed by atoms with Crippen molar-refractivity contribution in [1.29, 1.82) is 0 Å². The molecule has 0 unspecified atom stereocenters. The minimum atomic E-state index is 0.392. The molecule has 0 saturated heterocycles. The highest BCUT2D eigenvalue weighted by Crippen LogP contribution is 2.32. The maximum Gasteiger partial charge on any atom is 0.267 e. The average molecular weight is 402 g/mol. The first kappa shape index (κ1) is 17.6. The molecule has 6 nitrogen and oxygen atoms in total. The minimum absolute atomic E-state index is 0.392. The van der Waals surface area contributed by atoms with Gasteiger partial charge in [-0.25, -0.2) is 20.0 Å². The van der Waals surface area contributed by atoms with Crippen molar-refractivity contribution in [1.82, 2.24) is 15.0 Å². The van der Waals surface area contributed by atoms with Crippen LogP contribution < -0.4 is 9.75 Å². The zero-order valence-electron chi connectivity index (χ0n) is 15.4. The molecule has 7 heteroatoms. The Labute approximate surface area is 172 Å². The molecule has 0 N–H and O–H groups in total. The lowest BCUT2D eigenvalue weighted by Gasteiger charge is -2.26. The molecule has 0 atom stereocenters. The lowest BCUT2D eigenvalue weighted by Crippen LogP contribution is -2.30. The number of hydrogen-bond acceptors (Lipinski definition) is 6. The number of ether oxygens (including phenoxy) is 1. The smallest absolute Gasteiger partial charge is 0.267 e. The van der Waals surface area contributed by atoms with E-state index in [-0.39, 0.29) is 0 Å². The molecule has 0 spiro atoms. The third-order valence-corrected chi connectivity index (χ3v) is 4.93. The molecule has 142 valence electrons. The van der Waals surface area contributed by atoms with Crippen molar-refractivity contribution in [3.8, 4) is 5.88 Å². The van der Waals surface area contributed by atoms with Gasteiger partial charge in [0, 0.05) is 12.7 Å². The summed E-state index contributed by atoms with van der Waals surface area (Å²) in [5, 5.41) is 7.06. The molecule has 3 heterocycles. The standard InChI is InChI=1S/C22H16ClN5O/c23-17-10-5-4-9-16(17)21-27-28(14-12-15-7-2-1-3-8-15)20-22(29-21)25-18-11-6-13-24-19(18)26-20/h1-11,13H,12,14H2. The van der Waals surface area contributed by atoms with Crippen LogP contribution in [0.2, 0.25) is 5.02 Å². The highest BCUT2D eigenvalue weighted by atomic mass is 35.5. The van der Waals surface area contributed by atoms with Crippen molar-refractivity contribution < 1.29 is 4.74 Å². The van der Waals surface area contributed by atoms with Gasteiger partial charge in [0.1, 0.15) is 5.52 Å². The van der Waals surface area contributed by atoms with Crippen LogP contribution in [0.15, 0.2) is 78.0 Å². The van der Waals surface area contributed by atoms with E-state index in [4.69, 9.17) is 16.3 Å². The second-order valence-electron chi connectivity index (χ2n) is 6.54. The number of pyridine rings is 1. The topological polar surface area (TPSA) is 63.5 Å². The van der Waals surface area contributed by atoms with E-state index in [1.165, 1.54) is 5.56 Å². The van der Waals surface area contributed by atoms with Crippen LogP contribution in [0.3, 0.4) is 0 Å². The number of fused-ring (bicyclic) bond motifs is 2. The van der Waals surface area contributed by atoms with Crippen molar-refractivity contribution in [2.75, 3.05) is 11.6 Å². The third-order valence-electron chi connectivity index (χ3n) is 4.60. The Hall–Kier alpha value is -3.51. The fraction of sp³-hybridized carbons (Fsp3) is 0.0909. The summed E-state index contributed by atoms with van der Waals surface area (Å²) in [6.07, 6.45) is 2.49. The van der Waals surface area contributed by atoms with Gasteiger partial charge in [0.15, 0.2) is 5.65 Å². The molecule has 2 aromatic heterocycles. The molecule has 1 aliphatic heterocycles. The van der Waals surface area contributed by atoms with Crippen molar-refractivity contribution >= 4 is 34.5 Å². The van der Waals surface area contributed by atoms with Gasteiger partial charge in [-0.3, -0.25) is 0 Å². The summed E-state index contributed by atoms with van der Waals surface area (Å²) in [5.74, 6) is 1.33. The summed E-state index contributed by atoms with van der Waals surface area (Å²) in [6, 6.07) is 21.4. The third kappa shape index (κ3) is 3.50. The van der Waals surface area contributed by atoms with Crippen molar-refractivity contribution in [2.45, 2.75) is 6.42 Å². The van der Waals surface area contributed by atoms with E-state index in [0.29, 0.717) is 45.9 Å². The van der Waals surface area contributed by atoms with E-state index in [1.54, 1.807) is 6.20 Å². The van der Waals surface area contributed by atoms with Crippen LogP contribution in [0.4, 0.5) is 5.82 Å². The number of hydrogen-bond donors (Lipinski definition) is 0. The number of aromatic nitrogens is 3. The van der Waals surface area contributed by atoms with Gasteiger partial charge in [0.25, 0.3) is 5.88 Å². The summed E-state index contributed by atoms with van der Waals surface area (Å²) >= 11 is 6.38. The van der Waals surface area contributed by atoms with Crippen molar-refractivity contribution in [3.05, 3.63) is 89.1 Å². The van der Waals surface area contributed by atoms with Crippen molar-refractivity contribution in [3.63, 3.8) is 0 Å². The Morgan fingerprint density at radius 3 is 2.59 bits per heavy atom. The molecule has 0 fully saturated rings. The first-order valence-corrected chi connectivity index (χ1v) is 9.61. The van der Waals surface area contributed by atoms with E-state index < -0.39 is 0 Å². The summed E-state index contributed by atoms with van der Waals surface area (Å²) in [7, 11) is 0. The summed E-state index contributed by atoms with van der Waals surface area (Å²) in [6.45, 7) is 0.612. The van der Waals surface area contributed by atoms with Gasteiger partial charge in [0.05, 0.1) is 10.6 Å². The van der Waals surface area contributed by atoms with Crippen LogP contribution in [0.1, 0.15) is 11.1 Å². The molecule has 5 rings (SSSR count). The highest BCUT2D eigenvalue weighted by Gasteiger charge is 2.26. The van der Waals surface area contributed by atoms with Crippen LogP contribution in [-0.4, -0.2) is 27.4 Å². The summed E-state index contributed by atoms with van der Waals surface area (Å²) < 4.78 is 6.01. The van der Waals surface area contributed by atoms with Crippen LogP contribution in [0.25, 0.3) is 11.2 Å². The normalized spacial score (nSPS) is 13.0. The lowest BCUT2D eigenvalue weighted by molar-refractivity contribution is 0.503. The number of hydrazone groups is 1. The lowest BCUT2D eigenvalue weighted by atomic mass is 10.1. The number of rotatable bonds is 4. The maximum atomic E-state index is 6.38. The van der Waals surface area contributed by atoms with E-state index in [1.807, 2.05) is 59.6 Å². The molecule has 4 aromatic rings. The molecule has 29 heavy (non-hydrogen) atoms. The molecular formula is C22H16ClN5O. The second kappa shape index (κ2) is 7.48. The second-order valence-corrected chi connectivity index (χ2v) is 6.95. The number of halogens is 1. The van der Waals surface area contributed by atoms with Crippen LogP contribution in [-0.2, 0) is 6.42 Å². The van der Waals surface area contributed by atoms with Gasteiger partial charge in [-0.2, -0.15) is 0 Å². The van der Waals surface area contributed by atoms with Gasteiger partial charge in [0.2, 0.25) is 11.7 Å². The first-order chi connectivity index (χ1) is 14.3. The largest absolute Gasteiger partial charge is 0.415 e. The Kier molecular flexibility index (Phi) is 4.54. The molecule has 0 amide bonds. The predicted octanol–water partition coefficient (Wildman–Crippen LogP) is 4.48. The Morgan fingerprint density at radius 2 is 1.72 bits per heavy atom. The maximum absolute atomic E-state index is 6.38. The summed E-state index contributed by atoms with van der Waals surface area (Å²) in [4.78, 5) is 13.6. The fourth-order valence-corrected chi connectivity index (χ4v) is 3.37. The Morgan fingerprint density at radius 1 is 0.897 bits per heavy atom. The molecule has 0 aliphatic carbocycles. The SMILES string of the molecule is Clc1ccccc1C1=NN(CCc2ccccc2)c2nc3ncccc3nc2O1. The average Bonchev–Trinajstić information content (AvgIpc) is 2.77. The van der Waals surface area contributed by atoms with Crippen LogP contribution >= 0.6 is 11.6 Å². The van der Waals surface area contributed by atoms with E-state index >= 15 is 0 Å². The van der Waals surface area contributed by atoms with E-state index in [2.05, 4.69) is 32.2 Å². The first-order valence-electron chi connectivity index (χ1n) is 9.23. The summed E-state index contributed by atoms with van der Waals surface area (Å²) in [5.41, 5.74) is 3.13. The predicted molar refractivity (Wildman–Crippen MR) is 113 cm³/mol. The van der Waals surface area contributed by atoms with E-state index in [0.717, 1.165) is 6.42 Å². The number of nitrogens with zero attached hydrogens (tertiary/aromatic N) is 5. The highest BCUT2D eigenvalue weighted by molar-refractivity contribution is 6.34.